The van der Waals surface area contributed by atoms with Gasteiger partial charge in [-0.2, -0.15) is 0 Å². The van der Waals surface area contributed by atoms with Crippen LogP contribution in [0.2, 0.25) is 0 Å². The second kappa shape index (κ2) is 7.51. The summed E-state index contributed by atoms with van der Waals surface area (Å²) in [7, 11) is 0. The van der Waals surface area contributed by atoms with Crippen LogP contribution in [-0.4, -0.2) is 58.3 Å². The average Bonchev–Trinajstić information content (AvgIpc) is 2.64. The van der Waals surface area contributed by atoms with Crippen molar-refractivity contribution >= 4 is 23.8 Å². The summed E-state index contributed by atoms with van der Waals surface area (Å²) < 4.78 is 0. The van der Waals surface area contributed by atoms with Gasteiger partial charge in [0.1, 0.15) is 17.3 Å². The van der Waals surface area contributed by atoms with Gasteiger partial charge < -0.3 is 15.1 Å². The molecule has 1 aliphatic heterocycles. The maximum atomic E-state index is 12.8. The maximum absolute atomic E-state index is 12.8. The third-order valence-corrected chi connectivity index (χ3v) is 4.46. The van der Waals surface area contributed by atoms with Crippen molar-refractivity contribution in [3.63, 3.8) is 0 Å². The summed E-state index contributed by atoms with van der Waals surface area (Å²) in [5.41, 5.74) is 3.57. The number of rotatable bonds is 4. The molecule has 2 amide bonds. The fourth-order valence-corrected chi connectivity index (χ4v) is 2.94. The van der Waals surface area contributed by atoms with Crippen LogP contribution in [-0.2, 0) is 4.79 Å². The Labute approximate surface area is 153 Å². The number of piperazine rings is 1. The quantitative estimate of drug-likeness (QED) is 0.851. The van der Waals surface area contributed by atoms with Gasteiger partial charge in [0.05, 0.1) is 0 Å². The van der Waals surface area contributed by atoms with Gasteiger partial charge >= 0.3 is 0 Å². The fourth-order valence-electron chi connectivity index (χ4n) is 2.94. The standard InChI is InChI=1S/C19H23N5O2/c1-13-4-5-14(2)16(10-13)22-18-11-17(20-15(3)21-18)19(26)24-8-6-23(12-25)7-9-24/h4-5,10-12H,6-9H2,1-3H3,(H,20,21,22). The van der Waals surface area contributed by atoms with E-state index in [2.05, 4.69) is 21.4 Å². The monoisotopic (exact) mass is 353 g/mol. The molecular formula is C19H23N5O2. The van der Waals surface area contributed by atoms with Crippen LogP contribution in [0.5, 0.6) is 0 Å². The van der Waals surface area contributed by atoms with Gasteiger partial charge in [-0.25, -0.2) is 9.97 Å². The molecule has 3 rings (SSSR count). The van der Waals surface area contributed by atoms with Crippen LogP contribution in [0, 0.1) is 20.8 Å². The van der Waals surface area contributed by atoms with Gasteiger partial charge in [0.25, 0.3) is 5.91 Å². The van der Waals surface area contributed by atoms with E-state index in [1.54, 1.807) is 22.8 Å². The minimum Gasteiger partial charge on any atom is -0.342 e. The molecular weight excluding hydrogens is 330 g/mol. The highest BCUT2D eigenvalue weighted by Crippen LogP contribution is 2.21. The lowest BCUT2D eigenvalue weighted by atomic mass is 10.1. The van der Waals surface area contributed by atoms with Crippen LogP contribution in [0.3, 0.4) is 0 Å². The number of carbonyl (C=O) groups excluding carboxylic acids is 2. The van der Waals surface area contributed by atoms with Gasteiger partial charge in [-0.1, -0.05) is 12.1 Å². The van der Waals surface area contributed by atoms with Crippen molar-refractivity contribution in [1.82, 2.24) is 19.8 Å². The van der Waals surface area contributed by atoms with Crippen molar-refractivity contribution in [2.75, 3.05) is 31.5 Å². The summed E-state index contributed by atoms with van der Waals surface area (Å²) in [5, 5.41) is 3.29. The number of aryl methyl sites for hydroxylation is 3. The third kappa shape index (κ3) is 3.99. The molecule has 0 unspecified atom stereocenters. The number of anilines is 2. The van der Waals surface area contributed by atoms with Crippen molar-refractivity contribution in [1.29, 1.82) is 0 Å². The number of amides is 2. The summed E-state index contributed by atoms with van der Waals surface area (Å²) in [4.78, 5) is 35.7. The molecule has 0 atom stereocenters. The predicted molar refractivity (Wildman–Crippen MR) is 99.5 cm³/mol. The molecule has 7 heteroatoms. The largest absolute Gasteiger partial charge is 0.342 e. The molecule has 1 fully saturated rings. The molecule has 0 aliphatic carbocycles. The molecule has 0 saturated carbocycles. The Balaban J connectivity index is 1.80. The number of nitrogens with zero attached hydrogens (tertiary/aromatic N) is 4. The Kier molecular flexibility index (Phi) is 5.16. The summed E-state index contributed by atoms with van der Waals surface area (Å²) >= 11 is 0. The van der Waals surface area contributed by atoms with E-state index in [0.29, 0.717) is 43.5 Å². The lowest BCUT2D eigenvalue weighted by molar-refractivity contribution is -0.119. The van der Waals surface area contributed by atoms with Gasteiger partial charge in [-0.15, -0.1) is 0 Å². The van der Waals surface area contributed by atoms with E-state index in [4.69, 9.17) is 0 Å². The van der Waals surface area contributed by atoms with Gasteiger partial charge in [0.2, 0.25) is 6.41 Å². The Hall–Kier alpha value is -2.96. The molecule has 1 aromatic heterocycles. The molecule has 7 nitrogen and oxygen atoms in total. The molecule has 1 saturated heterocycles. The zero-order valence-electron chi connectivity index (χ0n) is 15.3. The van der Waals surface area contributed by atoms with Crippen molar-refractivity contribution < 1.29 is 9.59 Å². The summed E-state index contributed by atoms with van der Waals surface area (Å²) in [6.45, 7) is 7.95. The van der Waals surface area contributed by atoms with Gasteiger partial charge in [-0.3, -0.25) is 9.59 Å². The first-order valence-corrected chi connectivity index (χ1v) is 8.65. The molecule has 0 spiro atoms. The minimum absolute atomic E-state index is 0.134. The number of carbonyl (C=O) groups is 2. The average molecular weight is 353 g/mol. The van der Waals surface area contributed by atoms with Crippen LogP contribution >= 0.6 is 0 Å². The summed E-state index contributed by atoms with van der Waals surface area (Å²) in [6.07, 6.45) is 0.822. The topological polar surface area (TPSA) is 78.4 Å². The van der Waals surface area contributed by atoms with Crippen LogP contribution in [0.15, 0.2) is 24.3 Å². The highest BCUT2D eigenvalue weighted by molar-refractivity contribution is 5.93. The van der Waals surface area contributed by atoms with E-state index in [1.165, 1.54) is 0 Å². The highest BCUT2D eigenvalue weighted by atomic mass is 16.2. The molecule has 2 aromatic rings. The van der Waals surface area contributed by atoms with Crippen LogP contribution < -0.4 is 5.32 Å². The number of aromatic nitrogens is 2. The summed E-state index contributed by atoms with van der Waals surface area (Å²) in [5.74, 6) is 1.00. The zero-order chi connectivity index (χ0) is 18.7. The normalized spacial score (nSPS) is 14.3. The summed E-state index contributed by atoms with van der Waals surface area (Å²) in [6, 6.07) is 7.83. The molecule has 1 aliphatic rings. The Morgan fingerprint density at radius 2 is 1.81 bits per heavy atom. The Bertz CT molecular complexity index is 829. The molecule has 1 aromatic carbocycles. The van der Waals surface area contributed by atoms with Crippen molar-refractivity contribution in [3.05, 3.63) is 46.9 Å². The van der Waals surface area contributed by atoms with Crippen molar-refractivity contribution in [3.8, 4) is 0 Å². The van der Waals surface area contributed by atoms with Crippen LogP contribution in [0.4, 0.5) is 11.5 Å². The molecule has 1 N–H and O–H groups in total. The fraction of sp³-hybridized carbons (Fsp3) is 0.368. The molecule has 136 valence electrons. The SMILES string of the molecule is Cc1ccc(C)c(Nc2cc(C(=O)N3CCN(C=O)CC3)nc(C)n2)c1. The molecule has 0 bridgehead atoms. The Morgan fingerprint density at radius 1 is 1.08 bits per heavy atom. The first-order valence-electron chi connectivity index (χ1n) is 8.65. The zero-order valence-corrected chi connectivity index (χ0v) is 15.3. The van der Waals surface area contributed by atoms with Crippen molar-refractivity contribution in [2.45, 2.75) is 20.8 Å². The Morgan fingerprint density at radius 3 is 2.50 bits per heavy atom. The minimum atomic E-state index is -0.134. The first-order chi connectivity index (χ1) is 12.5. The van der Waals surface area contributed by atoms with E-state index in [0.717, 1.165) is 23.2 Å². The van der Waals surface area contributed by atoms with E-state index >= 15 is 0 Å². The number of hydrogen-bond acceptors (Lipinski definition) is 5. The number of benzene rings is 1. The maximum Gasteiger partial charge on any atom is 0.272 e. The van der Waals surface area contributed by atoms with Crippen LogP contribution in [0.1, 0.15) is 27.4 Å². The number of nitrogens with one attached hydrogen (secondary N) is 1. The third-order valence-electron chi connectivity index (χ3n) is 4.46. The second-order valence-electron chi connectivity index (χ2n) is 6.56. The predicted octanol–water partition coefficient (Wildman–Crippen LogP) is 2.06. The van der Waals surface area contributed by atoms with Crippen LogP contribution in [0.25, 0.3) is 0 Å². The highest BCUT2D eigenvalue weighted by Gasteiger charge is 2.23. The van der Waals surface area contributed by atoms with Gasteiger partial charge in [0.15, 0.2) is 0 Å². The molecule has 26 heavy (non-hydrogen) atoms. The van der Waals surface area contributed by atoms with E-state index in [9.17, 15) is 9.59 Å². The first kappa shape index (κ1) is 17.8. The molecule has 0 radical (unpaired) electrons. The second-order valence-corrected chi connectivity index (χ2v) is 6.56. The van der Waals surface area contributed by atoms with E-state index in [-0.39, 0.29) is 5.91 Å². The number of hydrogen-bond donors (Lipinski definition) is 1. The smallest absolute Gasteiger partial charge is 0.272 e. The van der Waals surface area contributed by atoms with Gasteiger partial charge in [-0.05, 0) is 38.0 Å². The molecule has 2 heterocycles. The van der Waals surface area contributed by atoms with E-state index < -0.39 is 0 Å². The van der Waals surface area contributed by atoms with E-state index in [1.807, 2.05) is 26.0 Å². The lowest BCUT2D eigenvalue weighted by Gasteiger charge is -2.32. The van der Waals surface area contributed by atoms with Crippen molar-refractivity contribution in [2.24, 2.45) is 0 Å². The van der Waals surface area contributed by atoms with Gasteiger partial charge in [0, 0.05) is 37.9 Å². The lowest BCUT2D eigenvalue weighted by Crippen LogP contribution is -2.48.